The summed E-state index contributed by atoms with van der Waals surface area (Å²) in [7, 11) is -3.66. The molecule has 102 valence electrons. The maximum atomic E-state index is 12.7. The molecule has 0 aliphatic carbocycles. The van der Waals surface area contributed by atoms with Gasteiger partial charge in [-0.15, -0.1) is 0 Å². The molecule has 0 radical (unpaired) electrons. The van der Waals surface area contributed by atoms with Gasteiger partial charge in [-0.1, -0.05) is 17.7 Å². The first-order valence-corrected chi connectivity index (χ1v) is 7.55. The lowest BCUT2D eigenvalue weighted by atomic mass is 10.2. The summed E-state index contributed by atoms with van der Waals surface area (Å²) in [6.07, 6.45) is 3.04. The van der Waals surface area contributed by atoms with E-state index >= 15 is 0 Å². The van der Waals surface area contributed by atoms with Gasteiger partial charge in [0.2, 0.25) is 0 Å². The molecule has 0 aliphatic heterocycles. The highest BCUT2D eigenvalue weighted by Crippen LogP contribution is 2.22. The monoisotopic (exact) mass is 287 g/mol. The third kappa shape index (κ3) is 1.89. The minimum Gasteiger partial charge on any atom is -0.251 e. The summed E-state index contributed by atoms with van der Waals surface area (Å²) < 4.78 is 26.7. The zero-order valence-electron chi connectivity index (χ0n) is 11.1. The Labute approximate surface area is 117 Å². The number of aromatic nitrogens is 3. The smallest absolute Gasteiger partial charge is 0.251 e. The Balaban J connectivity index is 2.29. The Bertz CT molecular complexity index is 880. The van der Waals surface area contributed by atoms with Gasteiger partial charge >= 0.3 is 0 Å². The number of fused-ring (bicyclic) bond motifs is 1. The van der Waals surface area contributed by atoms with Crippen LogP contribution in [0.2, 0.25) is 0 Å². The fraction of sp³-hybridized carbons (Fsp3) is 0.143. The zero-order valence-corrected chi connectivity index (χ0v) is 11.9. The molecule has 0 aliphatic rings. The van der Waals surface area contributed by atoms with Crippen molar-refractivity contribution in [3.8, 4) is 0 Å². The SMILES string of the molecule is Cc1ccc(S(=O)(=O)n2c(C)cc3nccnc32)cc1. The van der Waals surface area contributed by atoms with Crippen LogP contribution >= 0.6 is 0 Å². The molecule has 1 aromatic carbocycles. The zero-order chi connectivity index (χ0) is 14.3. The van der Waals surface area contributed by atoms with E-state index in [1.807, 2.05) is 6.92 Å². The Morgan fingerprint density at radius 3 is 2.35 bits per heavy atom. The maximum absolute atomic E-state index is 12.7. The van der Waals surface area contributed by atoms with Crippen molar-refractivity contribution in [1.82, 2.24) is 13.9 Å². The summed E-state index contributed by atoms with van der Waals surface area (Å²) in [5, 5.41) is 0. The lowest BCUT2D eigenvalue weighted by Gasteiger charge is -2.09. The van der Waals surface area contributed by atoms with Crippen molar-refractivity contribution in [1.29, 1.82) is 0 Å². The van der Waals surface area contributed by atoms with Crippen molar-refractivity contribution in [3.05, 3.63) is 54.0 Å². The molecule has 20 heavy (non-hydrogen) atoms. The van der Waals surface area contributed by atoms with Gasteiger partial charge < -0.3 is 0 Å². The summed E-state index contributed by atoms with van der Waals surface area (Å²) in [4.78, 5) is 8.51. The summed E-state index contributed by atoms with van der Waals surface area (Å²) in [5.74, 6) is 0. The van der Waals surface area contributed by atoms with Crippen LogP contribution in [0.5, 0.6) is 0 Å². The topological polar surface area (TPSA) is 64.8 Å². The fourth-order valence-electron chi connectivity index (χ4n) is 2.14. The van der Waals surface area contributed by atoms with E-state index in [-0.39, 0.29) is 4.90 Å². The van der Waals surface area contributed by atoms with Gasteiger partial charge in [0, 0.05) is 18.1 Å². The standard InChI is InChI=1S/C14H13N3O2S/c1-10-3-5-12(6-4-10)20(18,19)17-11(2)9-13-14(17)16-8-7-15-13/h3-9H,1-2H3. The molecular formula is C14H13N3O2S. The van der Waals surface area contributed by atoms with Crippen molar-refractivity contribution in [2.75, 3.05) is 0 Å². The van der Waals surface area contributed by atoms with Crippen LogP contribution in [0.1, 0.15) is 11.3 Å². The predicted octanol–water partition coefficient (Wildman–Crippen LogP) is 2.29. The highest BCUT2D eigenvalue weighted by atomic mass is 32.2. The third-order valence-corrected chi connectivity index (χ3v) is 4.93. The average Bonchev–Trinajstić information content (AvgIpc) is 2.75. The molecule has 6 heteroatoms. The second-order valence-electron chi connectivity index (χ2n) is 4.63. The van der Waals surface area contributed by atoms with E-state index in [4.69, 9.17) is 0 Å². The number of hydrogen-bond donors (Lipinski definition) is 0. The number of hydrogen-bond acceptors (Lipinski definition) is 4. The highest BCUT2D eigenvalue weighted by Gasteiger charge is 2.22. The Hall–Kier alpha value is -2.21. The largest absolute Gasteiger partial charge is 0.269 e. The molecule has 0 N–H and O–H groups in total. The highest BCUT2D eigenvalue weighted by molar-refractivity contribution is 7.90. The van der Waals surface area contributed by atoms with Crippen LogP contribution in [-0.4, -0.2) is 22.4 Å². The molecule has 0 saturated carbocycles. The van der Waals surface area contributed by atoms with Gasteiger partial charge in [0.15, 0.2) is 5.65 Å². The van der Waals surface area contributed by atoms with Gasteiger partial charge in [-0.3, -0.25) is 4.98 Å². The third-order valence-electron chi connectivity index (χ3n) is 3.12. The van der Waals surface area contributed by atoms with E-state index in [1.165, 1.54) is 10.2 Å². The van der Waals surface area contributed by atoms with Crippen molar-refractivity contribution in [2.24, 2.45) is 0 Å². The van der Waals surface area contributed by atoms with Gasteiger partial charge in [-0.05, 0) is 32.0 Å². The molecule has 3 aromatic rings. The van der Waals surface area contributed by atoms with E-state index in [1.54, 1.807) is 43.5 Å². The molecule has 2 aromatic heterocycles. The van der Waals surface area contributed by atoms with Crippen molar-refractivity contribution >= 4 is 21.2 Å². The summed E-state index contributed by atoms with van der Waals surface area (Å²) in [6.45, 7) is 3.65. The lowest BCUT2D eigenvalue weighted by molar-refractivity contribution is 0.587. The van der Waals surface area contributed by atoms with Gasteiger partial charge in [-0.2, -0.15) is 0 Å². The first kappa shape index (κ1) is 12.8. The normalized spacial score (nSPS) is 11.9. The van der Waals surface area contributed by atoms with Crippen LogP contribution in [0.25, 0.3) is 11.2 Å². The molecule has 0 unspecified atom stereocenters. The molecule has 0 saturated heterocycles. The molecule has 0 amide bonds. The molecule has 0 bridgehead atoms. The van der Waals surface area contributed by atoms with Crippen molar-refractivity contribution in [2.45, 2.75) is 18.7 Å². The first-order valence-electron chi connectivity index (χ1n) is 6.11. The van der Waals surface area contributed by atoms with E-state index in [0.717, 1.165) is 5.56 Å². The fourth-order valence-corrected chi connectivity index (χ4v) is 3.63. The lowest BCUT2D eigenvalue weighted by Crippen LogP contribution is -2.14. The number of aryl methyl sites for hydroxylation is 2. The van der Waals surface area contributed by atoms with Crippen molar-refractivity contribution < 1.29 is 8.42 Å². The second kappa shape index (κ2) is 4.42. The quantitative estimate of drug-likeness (QED) is 0.725. The van der Waals surface area contributed by atoms with Crippen LogP contribution < -0.4 is 0 Å². The minimum absolute atomic E-state index is 0.245. The van der Waals surface area contributed by atoms with Gasteiger partial charge in [-0.25, -0.2) is 17.4 Å². The average molecular weight is 287 g/mol. The summed E-state index contributed by atoms with van der Waals surface area (Å²) >= 11 is 0. The minimum atomic E-state index is -3.66. The Morgan fingerprint density at radius 2 is 1.65 bits per heavy atom. The number of rotatable bonds is 2. The van der Waals surface area contributed by atoms with Crippen LogP contribution in [-0.2, 0) is 10.0 Å². The maximum Gasteiger partial charge on any atom is 0.269 e. The Kier molecular flexibility index (Phi) is 2.83. The summed E-state index contributed by atoms with van der Waals surface area (Å²) in [6, 6.07) is 8.48. The predicted molar refractivity (Wildman–Crippen MR) is 76.0 cm³/mol. The molecule has 5 nitrogen and oxygen atoms in total. The Morgan fingerprint density at radius 1 is 1.00 bits per heavy atom. The van der Waals surface area contributed by atoms with Gasteiger partial charge in [0.1, 0.15) is 5.52 Å². The van der Waals surface area contributed by atoms with Gasteiger partial charge in [0.05, 0.1) is 4.90 Å². The molecular weight excluding hydrogens is 274 g/mol. The molecule has 2 heterocycles. The number of nitrogens with zero attached hydrogens (tertiary/aromatic N) is 3. The molecule has 0 atom stereocenters. The molecule has 0 fully saturated rings. The van der Waals surface area contributed by atoms with E-state index in [9.17, 15) is 8.42 Å². The summed E-state index contributed by atoms with van der Waals surface area (Å²) in [5.41, 5.74) is 2.52. The van der Waals surface area contributed by atoms with E-state index in [0.29, 0.717) is 16.9 Å². The van der Waals surface area contributed by atoms with E-state index < -0.39 is 10.0 Å². The van der Waals surface area contributed by atoms with Gasteiger partial charge in [0.25, 0.3) is 10.0 Å². The second-order valence-corrected chi connectivity index (χ2v) is 6.42. The van der Waals surface area contributed by atoms with E-state index in [2.05, 4.69) is 9.97 Å². The molecule has 0 spiro atoms. The van der Waals surface area contributed by atoms with Crippen LogP contribution in [0.4, 0.5) is 0 Å². The molecule has 3 rings (SSSR count). The van der Waals surface area contributed by atoms with Crippen molar-refractivity contribution in [3.63, 3.8) is 0 Å². The first-order chi connectivity index (χ1) is 9.50. The van der Waals surface area contributed by atoms with Crippen LogP contribution in [0.3, 0.4) is 0 Å². The number of benzene rings is 1. The van der Waals surface area contributed by atoms with Crippen LogP contribution in [0.15, 0.2) is 47.6 Å². The van der Waals surface area contributed by atoms with Crippen LogP contribution in [0, 0.1) is 13.8 Å².